The zero-order chi connectivity index (χ0) is 12.4. The molecule has 17 heavy (non-hydrogen) atoms. The Morgan fingerprint density at radius 2 is 1.94 bits per heavy atom. The zero-order valence-corrected chi connectivity index (χ0v) is 10.6. The second kappa shape index (κ2) is 4.94. The summed E-state index contributed by atoms with van der Waals surface area (Å²) in [5.41, 5.74) is 8.53. The second-order valence-corrected chi connectivity index (χ2v) is 4.45. The van der Waals surface area contributed by atoms with Gasteiger partial charge in [-0.25, -0.2) is 0 Å². The topological polar surface area (TPSA) is 56.5 Å². The van der Waals surface area contributed by atoms with Crippen LogP contribution in [0.25, 0.3) is 0 Å². The number of nitrogens with two attached hydrogens (primary N) is 1. The van der Waals surface area contributed by atoms with E-state index in [0.29, 0.717) is 0 Å². The molecule has 0 aromatic heterocycles. The van der Waals surface area contributed by atoms with Gasteiger partial charge in [0, 0.05) is 12.1 Å². The number of rotatable bonds is 3. The Kier molecular flexibility index (Phi) is 3.54. The minimum atomic E-state index is 0.0761. The van der Waals surface area contributed by atoms with Crippen molar-refractivity contribution in [2.45, 2.75) is 25.4 Å². The molecule has 4 heteroatoms. The van der Waals surface area contributed by atoms with Crippen molar-refractivity contribution >= 4 is 0 Å². The Labute approximate surface area is 102 Å². The van der Waals surface area contributed by atoms with Crippen molar-refractivity contribution in [1.82, 2.24) is 5.32 Å². The number of hydrogen-bond acceptors (Lipinski definition) is 4. The highest BCUT2D eigenvalue weighted by Gasteiger charge is 2.24. The van der Waals surface area contributed by atoms with Crippen molar-refractivity contribution < 1.29 is 9.47 Å². The Bertz CT molecular complexity index is 405. The minimum absolute atomic E-state index is 0.0761. The summed E-state index contributed by atoms with van der Waals surface area (Å²) in [6.07, 6.45) is 0.999. The van der Waals surface area contributed by atoms with Gasteiger partial charge in [0.2, 0.25) is 0 Å². The van der Waals surface area contributed by atoms with Crippen LogP contribution in [0.4, 0.5) is 0 Å². The molecule has 1 aromatic carbocycles. The first-order valence-corrected chi connectivity index (χ1v) is 5.91. The third kappa shape index (κ3) is 2.23. The summed E-state index contributed by atoms with van der Waals surface area (Å²) in [6, 6.07) is 4.37. The summed E-state index contributed by atoms with van der Waals surface area (Å²) < 4.78 is 10.7. The molecule has 1 aliphatic heterocycles. The fourth-order valence-electron chi connectivity index (χ4n) is 2.38. The molecular weight excluding hydrogens is 216 g/mol. The van der Waals surface area contributed by atoms with Gasteiger partial charge >= 0.3 is 0 Å². The van der Waals surface area contributed by atoms with Crippen molar-refractivity contribution in [2.75, 3.05) is 20.8 Å². The molecule has 0 fully saturated rings. The summed E-state index contributed by atoms with van der Waals surface area (Å²) in [6.45, 7) is 2.97. The fourth-order valence-corrected chi connectivity index (χ4v) is 2.38. The van der Waals surface area contributed by atoms with Gasteiger partial charge in [0.1, 0.15) is 0 Å². The van der Waals surface area contributed by atoms with Gasteiger partial charge in [-0.1, -0.05) is 0 Å². The lowest BCUT2D eigenvalue weighted by atomic mass is 9.90. The molecule has 0 saturated heterocycles. The SMILES string of the molecule is COc1cc2c(cc1OC)C(C(C)N)NCC2. The van der Waals surface area contributed by atoms with Gasteiger partial charge in [-0.15, -0.1) is 0 Å². The highest BCUT2D eigenvalue weighted by Crippen LogP contribution is 2.35. The van der Waals surface area contributed by atoms with Crippen LogP contribution in [0.2, 0.25) is 0 Å². The average molecular weight is 236 g/mol. The Morgan fingerprint density at radius 1 is 1.29 bits per heavy atom. The monoisotopic (exact) mass is 236 g/mol. The molecule has 3 N–H and O–H groups in total. The summed E-state index contributed by atoms with van der Waals surface area (Å²) in [5.74, 6) is 1.55. The highest BCUT2D eigenvalue weighted by atomic mass is 16.5. The lowest BCUT2D eigenvalue weighted by Crippen LogP contribution is -2.40. The first-order valence-electron chi connectivity index (χ1n) is 5.91. The van der Waals surface area contributed by atoms with Gasteiger partial charge in [-0.3, -0.25) is 0 Å². The third-order valence-corrected chi connectivity index (χ3v) is 3.26. The molecule has 0 spiro atoms. The maximum atomic E-state index is 6.01. The van der Waals surface area contributed by atoms with E-state index >= 15 is 0 Å². The standard InChI is InChI=1S/C13H20N2O2/c1-8(14)13-10-7-12(17-3)11(16-2)6-9(10)4-5-15-13/h6-8,13,15H,4-5,14H2,1-3H3. The van der Waals surface area contributed by atoms with Crippen LogP contribution in [-0.2, 0) is 6.42 Å². The number of nitrogens with one attached hydrogen (secondary N) is 1. The van der Waals surface area contributed by atoms with Gasteiger partial charge in [0.25, 0.3) is 0 Å². The molecule has 2 unspecified atom stereocenters. The average Bonchev–Trinajstić information content (AvgIpc) is 2.35. The fraction of sp³-hybridized carbons (Fsp3) is 0.538. The third-order valence-electron chi connectivity index (χ3n) is 3.26. The maximum absolute atomic E-state index is 6.01. The molecule has 94 valence electrons. The first kappa shape index (κ1) is 12.2. The molecule has 1 aliphatic rings. The number of hydrogen-bond donors (Lipinski definition) is 2. The van der Waals surface area contributed by atoms with E-state index in [0.717, 1.165) is 24.5 Å². The maximum Gasteiger partial charge on any atom is 0.161 e. The minimum Gasteiger partial charge on any atom is -0.493 e. The van der Waals surface area contributed by atoms with Crippen molar-refractivity contribution in [3.8, 4) is 11.5 Å². The van der Waals surface area contributed by atoms with Crippen LogP contribution in [0.15, 0.2) is 12.1 Å². The zero-order valence-electron chi connectivity index (χ0n) is 10.6. The van der Waals surface area contributed by atoms with E-state index in [2.05, 4.69) is 11.4 Å². The van der Waals surface area contributed by atoms with Crippen molar-refractivity contribution in [3.63, 3.8) is 0 Å². The smallest absolute Gasteiger partial charge is 0.161 e. The van der Waals surface area contributed by atoms with E-state index in [4.69, 9.17) is 15.2 Å². The van der Waals surface area contributed by atoms with Gasteiger partial charge in [-0.05, 0) is 43.1 Å². The van der Waals surface area contributed by atoms with Crippen LogP contribution < -0.4 is 20.5 Å². The van der Waals surface area contributed by atoms with Gasteiger partial charge in [0.15, 0.2) is 11.5 Å². The van der Waals surface area contributed by atoms with E-state index in [1.165, 1.54) is 11.1 Å². The van der Waals surface area contributed by atoms with E-state index < -0.39 is 0 Å². The summed E-state index contributed by atoms with van der Waals surface area (Å²) in [5, 5.41) is 3.44. The number of benzene rings is 1. The van der Waals surface area contributed by atoms with E-state index in [1.54, 1.807) is 14.2 Å². The van der Waals surface area contributed by atoms with Crippen LogP contribution in [-0.4, -0.2) is 26.8 Å². The molecule has 0 radical (unpaired) electrons. The van der Waals surface area contributed by atoms with Gasteiger partial charge in [-0.2, -0.15) is 0 Å². The lowest BCUT2D eigenvalue weighted by Gasteiger charge is -2.30. The van der Waals surface area contributed by atoms with Crippen LogP contribution in [0.3, 0.4) is 0 Å². The molecule has 0 aliphatic carbocycles. The number of ether oxygens (including phenoxy) is 2. The predicted molar refractivity (Wildman–Crippen MR) is 67.6 cm³/mol. The van der Waals surface area contributed by atoms with Crippen LogP contribution in [0, 0.1) is 0 Å². The first-order chi connectivity index (χ1) is 8.17. The van der Waals surface area contributed by atoms with Crippen molar-refractivity contribution in [1.29, 1.82) is 0 Å². The molecule has 0 bridgehead atoms. The Morgan fingerprint density at radius 3 is 2.53 bits per heavy atom. The van der Waals surface area contributed by atoms with Crippen molar-refractivity contribution in [3.05, 3.63) is 23.3 Å². The van der Waals surface area contributed by atoms with E-state index in [1.807, 2.05) is 13.0 Å². The molecule has 1 aromatic rings. The second-order valence-electron chi connectivity index (χ2n) is 4.45. The molecule has 0 amide bonds. The van der Waals surface area contributed by atoms with E-state index in [-0.39, 0.29) is 12.1 Å². The van der Waals surface area contributed by atoms with Crippen molar-refractivity contribution in [2.24, 2.45) is 5.73 Å². The summed E-state index contributed by atoms with van der Waals surface area (Å²) in [7, 11) is 3.32. The quantitative estimate of drug-likeness (QED) is 0.829. The molecule has 1 heterocycles. The predicted octanol–water partition coefficient (Wildman–Crippen LogP) is 1.24. The summed E-state index contributed by atoms with van der Waals surface area (Å²) >= 11 is 0. The Balaban J connectivity index is 2.47. The molecule has 0 saturated carbocycles. The number of fused-ring (bicyclic) bond motifs is 1. The van der Waals surface area contributed by atoms with E-state index in [9.17, 15) is 0 Å². The normalized spacial score (nSPS) is 20.6. The molecular formula is C13H20N2O2. The molecule has 4 nitrogen and oxygen atoms in total. The lowest BCUT2D eigenvalue weighted by molar-refractivity contribution is 0.351. The largest absolute Gasteiger partial charge is 0.493 e. The van der Waals surface area contributed by atoms with Crippen LogP contribution in [0.5, 0.6) is 11.5 Å². The highest BCUT2D eigenvalue weighted by molar-refractivity contribution is 5.49. The van der Waals surface area contributed by atoms with Gasteiger partial charge < -0.3 is 20.5 Å². The van der Waals surface area contributed by atoms with Gasteiger partial charge in [0.05, 0.1) is 14.2 Å². The number of methoxy groups -OCH3 is 2. The van der Waals surface area contributed by atoms with Crippen LogP contribution >= 0.6 is 0 Å². The Hall–Kier alpha value is -1.26. The van der Waals surface area contributed by atoms with Crippen LogP contribution in [0.1, 0.15) is 24.1 Å². The summed E-state index contributed by atoms with van der Waals surface area (Å²) in [4.78, 5) is 0. The molecule has 2 rings (SSSR count). The molecule has 2 atom stereocenters.